The summed E-state index contributed by atoms with van der Waals surface area (Å²) in [6, 6.07) is 0.457. The Labute approximate surface area is 98.3 Å². The number of hydrogen-bond acceptors (Lipinski definition) is 3. The minimum absolute atomic E-state index is 0.193. The Balaban J connectivity index is 2.13. The van der Waals surface area contributed by atoms with Crippen LogP contribution in [0.15, 0.2) is 0 Å². The molecule has 0 saturated carbocycles. The van der Waals surface area contributed by atoms with Gasteiger partial charge in [0, 0.05) is 19.1 Å². The molecular weight excluding hydrogens is 204 g/mol. The van der Waals surface area contributed by atoms with Crippen LogP contribution in [0.1, 0.15) is 40.5 Å². The van der Waals surface area contributed by atoms with Crippen molar-refractivity contribution in [2.75, 3.05) is 19.6 Å². The lowest BCUT2D eigenvalue weighted by atomic mass is 10.1. The van der Waals surface area contributed by atoms with E-state index < -0.39 is 5.60 Å². The standard InChI is InChI=1S/C12H24N2O2/c1-5-6-7-13-10-8-14(9-10)11(15)16-12(2,3)4/h10,13H,5-9H2,1-4H3. The van der Waals surface area contributed by atoms with E-state index in [2.05, 4.69) is 12.2 Å². The quantitative estimate of drug-likeness (QED) is 0.748. The zero-order valence-electron chi connectivity index (χ0n) is 10.9. The van der Waals surface area contributed by atoms with E-state index in [1.54, 1.807) is 4.90 Å². The fourth-order valence-corrected chi connectivity index (χ4v) is 1.57. The monoisotopic (exact) mass is 228 g/mol. The fourth-order valence-electron chi connectivity index (χ4n) is 1.57. The Morgan fingerprint density at radius 3 is 2.56 bits per heavy atom. The first-order chi connectivity index (χ1) is 7.42. The number of hydrogen-bond donors (Lipinski definition) is 1. The molecule has 1 N–H and O–H groups in total. The van der Waals surface area contributed by atoms with Gasteiger partial charge in [0.05, 0.1) is 0 Å². The smallest absolute Gasteiger partial charge is 0.410 e. The molecule has 0 bridgehead atoms. The first-order valence-electron chi connectivity index (χ1n) is 6.13. The highest BCUT2D eigenvalue weighted by molar-refractivity contribution is 5.69. The normalized spacial score (nSPS) is 17.1. The molecule has 94 valence electrons. The summed E-state index contributed by atoms with van der Waals surface area (Å²) in [7, 11) is 0. The molecule has 0 spiro atoms. The number of ether oxygens (including phenoxy) is 1. The van der Waals surface area contributed by atoms with Crippen LogP contribution in [0.4, 0.5) is 4.79 Å². The third-order valence-electron chi connectivity index (χ3n) is 2.50. The molecule has 1 fully saturated rings. The average Bonchev–Trinajstić information content (AvgIpc) is 2.05. The minimum Gasteiger partial charge on any atom is -0.444 e. The summed E-state index contributed by atoms with van der Waals surface area (Å²) in [4.78, 5) is 13.3. The SMILES string of the molecule is CCCCNC1CN(C(=O)OC(C)(C)C)C1. The van der Waals surface area contributed by atoms with Gasteiger partial charge in [-0.25, -0.2) is 4.79 Å². The second-order valence-electron chi connectivity index (χ2n) is 5.39. The lowest BCUT2D eigenvalue weighted by Gasteiger charge is -2.40. The van der Waals surface area contributed by atoms with E-state index in [1.165, 1.54) is 12.8 Å². The zero-order valence-corrected chi connectivity index (χ0v) is 10.9. The summed E-state index contributed by atoms with van der Waals surface area (Å²) in [5.74, 6) is 0. The molecule has 1 rings (SSSR count). The molecule has 1 aliphatic heterocycles. The van der Waals surface area contributed by atoms with Crippen LogP contribution < -0.4 is 5.32 Å². The third-order valence-corrected chi connectivity index (χ3v) is 2.50. The number of amides is 1. The second-order valence-corrected chi connectivity index (χ2v) is 5.39. The largest absolute Gasteiger partial charge is 0.444 e. The van der Waals surface area contributed by atoms with E-state index in [9.17, 15) is 4.79 Å². The van der Waals surface area contributed by atoms with Gasteiger partial charge in [0.25, 0.3) is 0 Å². The highest BCUT2D eigenvalue weighted by Crippen LogP contribution is 2.15. The topological polar surface area (TPSA) is 41.6 Å². The van der Waals surface area contributed by atoms with Crippen molar-refractivity contribution < 1.29 is 9.53 Å². The molecule has 0 atom stereocenters. The van der Waals surface area contributed by atoms with Crippen LogP contribution in [0.2, 0.25) is 0 Å². The molecule has 0 unspecified atom stereocenters. The van der Waals surface area contributed by atoms with Gasteiger partial charge in [-0.1, -0.05) is 13.3 Å². The van der Waals surface area contributed by atoms with E-state index in [-0.39, 0.29) is 6.09 Å². The van der Waals surface area contributed by atoms with Crippen LogP contribution in [-0.4, -0.2) is 42.3 Å². The van der Waals surface area contributed by atoms with Crippen LogP contribution in [0, 0.1) is 0 Å². The van der Waals surface area contributed by atoms with E-state index in [0.29, 0.717) is 6.04 Å². The molecule has 1 heterocycles. The molecule has 4 nitrogen and oxygen atoms in total. The molecule has 0 aromatic carbocycles. The van der Waals surface area contributed by atoms with Crippen LogP contribution in [0.5, 0.6) is 0 Å². The first-order valence-corrected chi connectivity index (χ1v) is 6.13. The van der Waals surface area contributed by atoms with Crippen molar-refractivity contribution in [2.45, 2.75) is 52.2 Å². The molecule has 0 aliphatic carbocycles. The lowest BCUT2D eigenvalue weighted by molar-refractivity contribution is 0.00536. The van der Waals surface area contributed by atoms with Crippen molar-refractivity contribution >= 4 is 6.09 Å². The van der Waals surface area contributed by atoms with Gasteiger partial charge < -0.3 is 15.0 Å². The van der Waals surface area contributed by atoms with Gasteiger partial charge in [-0.3, -0.25) is 0 Å². The molecule has 0 radical (unpaired) electrons. The Kier molecular flexibility index (Phi) is 4.59. The van der Waals surface area contributed by atoms with Crippen molar-refractivity contribution in [1.29, 1.82) is 0 Å². The first kappa shape index (κ1) is 13.3. The fraction of sp³-hybridized carbons (Fsp3) is 0.917. The van der Waals surface area contributed by atoms with Gasteiger partial charge in [0.1, 0.15) is 5.60 Å². The molecule has 1 amide bonds. The maximum absolute atomic E-state index is 11.6. The average molecular weight is 228 g/mol. The van der Waals surface area contributed by atoms with Crippen molar-refractivity contribution in [3.8, 4) is 0 Å². The molecule has 1 saturated heterocycles. The number of carbonyl (C=O) groups excluding carboxylic acids is 1. The Morgan fingerprint density at radius 2 is 2.06 bits per heavy atom. The summed E-state index contributed by atoms with van der Waals surface area (Å²) < 4.78 is 5.27. The van der Waals surface area contributed by atoms with Gasteiger partial charge in [-0.2, -0.15) is 0 Å². The van der Waals surface area contributed by atoms with Crippen LogP contribution in [0.3, 0.4) is 0 Å². The highest BCUT2D eigenvalue weighted by Gasteiger charge is 2.32. The lowest BCUT2D eigenvalue weighted by Crippen LogP contribution is -2.60. The Hall–Kier alpha value is -0.770. The molecule has 0 aromatic heterocycles. The predicted molar refractivity (Wildman–Crippen MR) is 64.5 cm³/mol. The summed E-state index contributed by atoms with van der Waals surface area (Å²) >= 11 is 0. The molecule has 1 aliphatic rings. The van der Waals surface area contributed by atoms with Gasteiger partial charge >= 0.3 is 6.09 Å². The number of likely N-dealkylation sites (tertiary alicyclic amines) is 1. The van der Waals surface area contributed by atoms with Crippen molar-refractivity contribution in [3.05, 3.63) is 0 Å². The second kappa shape index (κ2) is 5.53. The van der Waals surface area contributed by atoms with E-state index in [0.717, 1.165) is 19.6 Å². The maximum atomic E-state index is 11.6. The Morgan fingerprint density at radius 1 is 1.44 bits per heavy atom. The van der Waals surface area contributed by atoms with Gasteiger partial charge in [0.2, 0.25) is 0 Å². The van der Waals surface area contributed by atoms with Gasteiger partial charge in [-0.05, 0) is 33.7 Å². The van der Waals surface area contributed by atoms with Gasteiger partial charge in [0.15, 0.2) is 0 Å². The molecule has 4 heteroatoms. The highest BCUT2D eigenvalue weighted by atomic mass is 16.6. The molecule has 0 aromatic rings. The van der Waals surface area contributed by atoms with Gasteiger partial charge in [-0.15, -0.1) is 0 Å². The Bertz CT molecular complexity index is 230. The molecule has 16 heavy (non-hydrogen) atoms. The number of nitrogens with one attached hydrogen (secondary N) is 1. The van der Waals surface area contributed by atoms with Crippen molar-refractivity contribution in [2.24, 2.45) is 0 Å². The number of rotatable bonds is 4. The molecular formula is C12H24N2O2. The van der Waals surface area contributed by atoms with Crippen LogP contribution in [-0.2, 0) is 4.74 Å². The number of unbranched alkanes of at least 4 members (excludes halogenated alkanes) is 1. The summed E-state index contributed by atoms with van der Waals surface area (Å²) in [6.07, 6.45) is 2.21. The third kappa shape index (κ3) is 4.39. The summed E-state index contributed by atoms with van der Waals surface area (Å²) in [5.41, 5.74) is -0.391. The van der Waals surface area contributed by atoms with E-state index >= 15 is 0 Å². The van der Waals surface area contributed by atoms with Crippen LogP contribution >= 0.6 is 0 Å². The maximum Gasteiger partial charge on any atom is 0.410 e. The number of carbonyl (C=O) groups is 1. The summed E-state index contributed by atoms with van der Waals surface area (Å²) in [6.45, 7) is 10.4. The zero-order chi connectivity index (χ0) is 12.2. The minimum atomic E-state index is -0.391. The number of nitrogens with zero attached hydrogens (tertiary/aromatic N) is 1. The van der Waals surface area contributed by atoms with E-state index in [1.807, 2.05) is 20.8 Å². The predicted octanol–water partition coefficient (Wildman–Crippen LogP) is 2.00. The van der Waals surface area contributed by atoms with Crippen molar-refractivity contribution in [3.63, 3.8) is 0 Å². The van der Waals surface area contributed by atoms with E-state index in [4.69, 9.17) is 4.74 Å². The van der Waals surface area contributed by atoms with Crippen LogP contribution in [0.25, 0.3) is 0 Å². The summed E-state index contributed by atoms with van der Waals surface area (Å²) in [5, 5.41) is 3.42. The van der Waals surface area contributed by atoms with Crippen molar-refractivity contribution in [1.82, 2.24) is 10.2 Å².